The normalized spacial score (nSPS) is 13.6. The highest BCUT2D eigenvalue weighted by Gasteiger charge is 2.24. The van der Waals surface area contributed by atoms with E-state index in [2.05, 4.69) is 44.0 Å². The van der Waals surface area contributed by atoms with Gasteiger partial charge in [0.1, 0.15) is 11.5 Å². The van der Waals surface area contributed by atoms with Gasteiger partial charge in [0.2, 0.25) is 0 Å². The minimum Gasteiger partial charge on any atom is -0.462 e. The number of aryl methyl sites for hydroxylation is 2. The van der Waals surface area contributed by atoms with Crippen molar-refractivity contribution in [2.24, 2.45) is 0 Å². The molecule has 0 heterocycles. The van der Waals surface area contributed by atoms with E-state index < -0.39 is 11.9 Å². The van der Waals surface area contributed by atoms with E-state index in [0.29, 0.717) is 12.2 Å². The molecule has 6 heteroatoms. The van der Waals surface area contributed by atoms with E-state index in [4.69, 9.17) is 14.2 Å². The van der Waals surface area contributed by atoms with E-state index >= 15 is 0 Å². The summed E-state index contributed by atoms with van der Waals surface area (Å²) in [5.74, 6) is -0.886. The number of ether oxygens (including phenoxy) is 3. The first-order chi connectivity index (χ1) is 19.4. The van der Waals surface area contributed by atoms with Gasteiger partial charge in [0.15, 0.2) is 0 Å². The van der Waals surface area contributed by atoms with E-state index in [1.54, 1.807) is 32.9 Å². The van der Waals surface area contributed by atoms with Crippen molar-refractivity contribution < 1.29 is 28.6 Å². The molecule has 0 radical (unpaired) electrons. The summed E-state index contributed by atoms with van der Waals surface area (Å²) in [5, 5.41) is 0. The van der Waals surface area contributed by atoms with Crippen LogP contribution in [-0.2, 0) is 25.5 Å². The number of rotatable bonds is 9. The van der Waals surface area contributed by atoms with E-state index in [1.807, 2.05) is 19.1 Å². The first-order valence-corrected chi connectivity index (χ1v) is 13.4. The van der Waals surface area contributed by atoms with Crippen molar-refractivity contribution in [2.45, 2.75) is 46.5 Å². The highest BCUT2D eigenvalue weighted by Crippen LogP contribution is 2.38. The van der Waals surface area contributed by atoms with Crippen molar-refractivity contribution in [1.29, 1.82) is 0 Å². The van der Waals surface area contributed by atoms with Crippen molar-refractivity contribution in [3.63, 3.8) is 0 Å². The zero-order valence-electron chi connectivity index (χ0n) is 24.0. The van der Waals surface area contributed by atoms with Gasteiger partial charge in [-0.05, 0) is 91.6 Å². The maximum atomic E-state index is 12.2. The van der Waals surface area contributed by atoms with Gasteiger partial charge >= 0.3 is 17.9 Å². The Labute approximate surface area is 241 Å². The molecular weight excluding hydrogens is 516 g/mol. The van der Waals surface area contributed by atoms with Crippen LogP contribution in [0.5, 0.6) is 11.5 Å². The van der Waals surface area contributed by atoms with Crippen LogP contribution < -0.4 is 9.47 Å². The Kier molecular flexibility index (Phi) is 8.72. The smallest absolute Gasteiger partial charge is 0.338 e. The lowest BCUT2D eigenvalue weighted by Gasteiger charge is -2.15. The zero-order chi connectivity index (χ0) is 29.8. The fourth-order valence-electron chi connectivity index (χ4n) is 4.74. The summed E-state index contributed by atoms with van der Waals surface area (Å²) in [6.07, 6.45) is 1.89. The highest BCUT2D eigenvalue weighted by molar-refractivity contribution is 5.90. The lowest BCUT2D eigenvalue weighted by molar-refractivity contribution is -0.139. The largest absolute Gasteiger partial charge is 0.462 e. The molecule has 0 spiro atoms. The van der Waals surface area contributed by atoms with Crippen LogP contribution in [0.2, 0.25) is 0 Å². The van der Waals surface area contributed by atoms with E-state index in [-0.39, 0.29) is 34.5 Å². The van der Waals surface area contributed by atoms with Crippen molar-refractivity contribution >= 4 is 17.9 Å². The van der Waals surface area contributed by atoms with Gasteiger partial charge in [-0.3, -0.25) is 0 Å². The lowest BCUT2D eigenvalue weighted by Crippen LogP contribution is -2.11. The lowest BCUT2D eigenvalue weighted by atomic mass is 9.93. The number of esters is 3. The Hall–Kier alpha value is -4.71. The van der Waals surface area contributed by atoms with Gasteiger partial charge in [0.05, 0.1) is 6.61 Å². The van der Waals surface area contributed by atoms with E-state index in [1.165, 1.54) is 17.2 Å². The second-order valence-electron chi connectivity index (χ2n) is 10.6. The average molecular weight is 551 g/mol. The summed E-state index contributed by atoms with van der Waals surface area (Å²) < 4.78 is 16.4. The molecule has 1 atom stereocenters. The summed E-state index contributed by atoms with van der Waals surface area (Å²) in [6, 6.07) is 17.5. The molecule has 0 aromatic heterocycles. The van der Waals surface area contributed by atoms with Crippen LogP contribution in [0, 0.1) is 6.92 Å². The molecule has 0 bridgehead atoms. The van der Waals surface area contributed by atoms with Gasteiger partial charge in [0.25, 0.3) is 0 Å². The summed E-state index contributed by atoms with van der Waals surface area (Å²) >= 11 is 0. The predicted octanol–water partition coefficient (Wildman–Crippen LogP) is 7.44. The summed E-state index contributed by atoms with van der Waals surface area (Å²) in [4.78, 5) is 36.3. The SMILES string of the molecule is C=C(C)C(=O)OCC1CCc2ccc(-c3ccc(-c4cc(OC(=O)C(=C)C)cc(OC(=O)C(=C)C)c4)c(C)c3)cc21. The summed E-state index contributed by atoms with van der Waals surface area (Å²) in [7, 11) is 0. The first-order valence-electron chi connectivity index (χ1n) is 13.4. The van der Waals surface area contributed by atoms with Crippen LogP contribution in [0.1, 0.15) is 49.8 Å². The average Bonchev–Trinajstić information content (AvgIpc) is 3.33. The topological polar surface area (TPSA) is 78.9 Å². The number of hydrogen-bond donors (Lipinski definition) is 0. The minimum absolute atomic E-state index is 0.151. The fraction of sp³-hybridized carbons (Fsp3) is 0.229. The molecule has 6 nitrogen and oxygen atoms in total. The first kappa shape index (κ1) is 29.3. The van der Waals surface area contributed by atoms with Crippen LogP contribution in [0.15, 0.2) is 91.1 Å². The van der Waals surface area contributed by atoms with Crippen molar-refractivity contribution in [2.75, 3.05) is 6.61 Å². The number of carbonyl (C=O) groups excluding carboxylic acids is 3. The molecule has 0 aliphatic heterocycles. The number of fused-ring (bicyclic) bond motifs is 1. The Morgan fingerprint density at radius 3 is 1.85 bits per heavy atom. The molecule has 4 rings (SSSR count). The standard InChI is InChI=1S/C35H34O6/c1-20(2)33(36)39-19-27-11-9-24-8-10-26(17-32(24)27)25-12-13-31(23(7)14-25)28-15-29(40-34(37)21(3)4)18-30(16-28)41-35(38)22(5)6/h8,10,12-18,27H,1,3,5,9,11,19H2,2,4,6-7H3. The van der Waals surface area contributed by atoms with Crippen molar-refractivity contribution in [1.82, 2.24) is 0 Å². The van der Waals surface area contributed by atoms with Gasteiger partial charge in [-0.25, -0.2) is 14.4 Å². The van der Waals surface area contributed by atoms with E-state index in [9.17, 15) is 14.4 Å². The second-order valence-corrected chi connectivity index (χ2v) is 10.6. The van der Waals surface area contributed by atoms with Crippen molar-refractivity contribution in [3.8, 4) is 33.8 Å². The molecule has 0 N–H and O–H groups in total. The number of carbonyl (C=O) groups is 3. The van der Waals surface area contributed by atoms with Crippen LogP contribution in [0.25, 0.3) is 22.3 Å². The maximum Gasteiger partial charge on any atom is 0.338 e. The molecule has 3 aromatic carbocycles. The third kappa shape index (κ3) is 6.90. The molecule has 1 aliphatic carbocycles. The third-order valence-corrected chi connectivity index (χ3v) is 6.98. The molecule has 210 valence electrons. The van der Waals surface area contributed by atoms with Gasteiger partial charge in [-0.1, -0.05) is 56.1 Å². The summed E-state index contributed by atoms with van der Waals surface area (Å²) in [5.41, 5.74) is 8.08. The molecule has 0 saturated carbocycles. The van der Waals surface area contributed by atoms with Gasteiger partial charge in [0, 0.05) is 28.7 Å². The van der Waals surface area contributed by atoms with Gasteiger partial charge in [-0.2, -0.15) is 0 Å². The highest BCUT2D eigenvalue weighted by atomic mass is 16.5. The molecule has 0 fully saturated rings. The molecule has 3 aromatic rings. The molecule has 0 amide bonds. The summed E-state index contributed by atoms with van der Waals surface area (Å²) in [6.45, 7) is 18.0. The molecule has 0 saturated heterocycles. The molecule has 1 unspecified atom stereocenters. The Bertz CT molecular complexity index is 1550. The molecule has 1 aliphatic rings. The Morgan fingerprint density at radius 1 is 0.732 bits per heavy atom. The predicted molar refractivity (Wildman–Crippen MR) is 160 cm³/mol. The third-order valence-electron chi connectivity index (χ3n) is 6.98. The van der Waals surface area contributed by atoms with Crippen LogP contribution in [0.4, 0.5) is 0 Å². The van der Waals surface area contributed by atoms with Crippen LogP contribution >= 0.6 is 0 Å². The second kappa shape index (κ2) is 12.2. The number of benzene rings is 3. The quantitative estimate of drug-likeness (QED) is 0.157. The zero-order valence-corrected chi connectivity index (χ0v) is 24.0. The number of hydrogen-bond acceptors (Lipinski definition) is 6. The molecule has 41 heavy (non-hydrogen) atoms. The van der Waals surface area contributed by atoms with Crippen LogP contribution in [0.3, 0.4) is 0 Å². The molecular formula is C35H34O6. The monoisotopic (exact) mass is 550 g/mol. The maximum absolute atomic E-state index is 12.2. The van der Waals surface area contributed by atoms with Gasteiger partial charge < -0.3 is 14.2 Å². The van der Waals surface area contributed by atoms with Crippen molar-refractivity contribution in [3.05, 3.63) is 108 Å². The van der Waals surface area contributed by atoms with E-state index in [0.717, 1.165) is 40.7 Å². The fourth-order valence-corrected chi connectivity index (χ4v) is 4.74. The Balaban J connectivity index is 1.65. The minimum atomic E-state index is -0.573. The van der Waals surface area contributed by atoms with Crippen LogP contribution in [-0.4, -0.2) is 24.5 Å². The Morgan fingerprint density at radius 2 is 1.29 bits per heavy atom. The van der Waals surface area contributed by atoms with Gasteiger partial charge in [-0.15, -0.1) is 0 Å².